The van der Waals surface area contributed by atoms with Crippen molar-refractivity contribution in [2.24, 2.45) is 16.6 Å². The van der Waals surface area contributed by atoms with E-state index >= 15 is 13.6 Å². The maximum Gasteiger partial charge on any atom is 0.438 e. The Morgan fingerprint density at radius 1 is 0.955 bits per heavy atom. The average Bonchev–Trinajstić information content (AvgIpc) is 4.28. The predicted molar refractivity (Wildman–Crippen MR) is 239 cm³/mol. The molecule has 12 rings (SSSR count). The number of benzene rings is 2. The summed E-state index contributed by atoms with van der Waals surface area (Å²) in [5.41, 5.74) is 10.4. The molecule has 0 radical (unpaired) electrons. The molecular formula is C48H47F2N11O5. The van der Waals surface area contributed by atoms with Gasteiger partial charge in [0.15, 0.2) is 11.6 Å². The molecule has 0 spiro atoms. The van der Waals surface area contributed by atoms with Gasteiger partial charge in [-0.25, -0.2) is 23.4 Å². The van der Waals surface area contributed by atoms with Crippen LogP contribution in [0.25, 0.3) is 27.6 Å². The van der Waals surface area contributed by atoms with Gasteiger partial charge in [0.25, 0.3) is 5.91 Å². The second-order valence-electron chi connectivity index (χ2n) is 18.6. The van der Waals surface area contributed by atoms with E-state index in [0.717, 1.165) is 44.2 Å². The number of ether oxygens (including phenoxy) is 1. The normalized spacial score (nSPS) is 22.8. The summed E-state index contributed by atoms with van der Waals surface area (Å²) in [6, 6.07) is 13.2. The Balaban J connectivity index is 0.972. The number of aromatic nitrogens is 8. The number of aliphatic imine (C=N–C) groups is 1. The first-order chi connectivity index (χ1) is 32.0. The zero-order valence-corrected chi connectivity index (χ0v) is 36.4. The standard InChI is InChI=1S/C48H47F2N11O5/c1-25-23-48(25,45-55-46(63)66-56-45)60-38-10-9-35(28-14-19-65-20-15-28)54-36(38)22-40(60)44(62)57-16-13-34(51)41(26(57)2)43(53-29-5-8-33(49)31(21-29)27-3-4-27)59-18-17-58(47(59)64)39-12-11-37-32(42(39)50)24-52-61(37)30-6-7-30/h5,8-12,17-18,21-22,24-28,30H,3-4,6-7,13-16,19-20,23,51H2,1-2H3,(H,55,56,63). The minimum Gasteiger partial charge on any atom is -0.402 e. The number of carbonyl (C=O) groups is 1. The molecule has 16 nitrogen and oxygen atoms in total. The van der Waals surface area contributed by atoms with Gasteiger partial charge in [0.2, 0.25) is 0 Å². The van der Waals surface area contributed by atoms with Gasteiger partial charge in [0.05, 0.1) is 51.6 Å². The molecule has 3 atom stereocenters. The topological polar surface area (TPSA) is 189 Å². The lowest BCUT2D eigenvalue weighted by atomic mass is 9.96. The number of nitrogens with zero attached hydrogens (tertiary/aromatic N) is 9. The highest BCUT2D eigenvalue weighted by molar-refractivity contribution is 6.05. The fraction of sp³-hybridized carbons (Fsp3) is 0.396. The number of hydrogen-bond donors (Lipinski definition) is 2. The fourth-order valence-corrected chi connectivity index (χ4v) is 10.5. The molecule has 4 fully saturated rings. The van der Waals surface area contributed by atoms with Crippen molar-refractivity contribution in [1.29, 1.82) is 0 Å². The number of aromatic amines is 1. The highest BCUT2D eigenvalue weighted by Gasteiger charge is 2.59. The average molecular weight is 896 g/mol. The van der Waals surface area contributed by atoms with Crippen molar-refractivity contribution in [2.45, 2.75) is 94.7 Å². The summed E-state index contributed by atoms with van der Waals surface area (Å²) in [6.45, 7) is 5.38. The van der Waals surface area contributed by atoms with Gasteiger partial charge >= 0.3 is 11.4 Å². The second kappa shape index (κ2) is 15.0. The Kier molecular flexibility index (Phi) is 9.25. The van der Waals surface area contributed by atoms with Crippen LogP contribution >= 0.6 is 0 Å². The zero-order chi connectivity index (χ0) is 45.2. The van der Waals surface area contributed by atoms with E-state index in [0.29, 0.717) is 75.6 Å². The molecule has 2 aliphatic heterocycles. The minimum absolute atomic E-state index is 0.0345. The van der Waals surface area contributed by atoms with Crippen molar-refractivity contribution in [3.63, 3.8) is 0 Å². The van der Waals surface area contributed by atoms with Gasteiger partial charge in [0.1, 0.15) is 22.9 Å². The number of hydrogen-bond acceptors (Lipinski definition) is 10. The third-order valence-corrected chi connectivity index (χ3v) is 14.5. The fourth-order valence-electron chi connectivity index (χ4n) is 10.5. The van der Waals surface area contributed by atoms with E-state index in [1.807, 2.05) is 35.2 Å². The number of imidazole rings is 1. The van der Waals surface area contributed by atoms with Crippen LogP contribution in [0, 0.1) is 17.6 Å². The van der Waals surface area contributed by atoms with Gasteiger partial charge < -0.3 is 19.9 Å². The number of halogens is 2. The van der Waals surface area contributed by atoms with Crippen LogP contribution < -0.4 is 17.2 Å². The first-order valence-electron chi connectivity index (χ1n) is 22.8. The van der Waals surface area contributed by atoms with E-state index in [2.05, 4.69) is 15.2 Å². The number of nitrogens with two attached hydrogens (primary N) is 1. The maximum absolute atomic E-state index is 16.4. The van der Waals surface area contributed by atoms with Crippen LogP contribution in [0.2, 0.25) is 0 Å². The van der Waals surface area contributed by atoms with E-state index in [4.69, 9.17) is 25.0 Å². The van der Waals surface area contributed by atoms with Gasteiger partial charge in [0, 0.05) is 61.5 Å². The summed E-state index contributed by atoms with van der Waals surface area (Å²) in [5.74, 6) is -1.29. The monoisotopic (exact) mass is 895 g/mol. The molecule has 18 heteroatoms. The number of carbonyl (C=O) groups excluding carboxylic acids is 1. The Morgan fingerprint density at radius 2 is 1.74 bits per heavy atom. The first-order valence-corrected chi connectivity index (χ1v) is 22.8. The lowest BCUT2D eigenvalue weighted by molar-refractivity contribution is 0.0697. The van der Waals surface area contributed by atoms with E-state index < -0.39 is 28.8 Å². The summed E-state index contributed by atoms with van der Waals surface area (Å²) >= 11 is 0. The van der Waals surface area contributed by atoms with Gasteiger partial charge in [-0.2, -0.15) is 5.10 Å². The third kappa shape index (κ3) is 6.42. The van der Waals surface area contributed by atoms with Crippen molar-refractivity contribution in [3.8, 4) is 5.69 Å². The van der Waals surface area contributed by atoms with Crippen LogP contribution in [0.5, 0.6) is 0 Å². The highest BCUT2D eigenvalue weighted by atomic mass is 19.1. The number of rotatable bonds is 9. The Morgan fingerprint density at radius 3 is 2.47 bits per heavy atom. The molecule has 3 saturated carbocycles. The summed E-state index contributed by atoms with van der Waals surface area (Å²) in [6.07, 6.45) is 10.6. The molecule has 338 valence electrons. The van der Waals surface area contributed by atoms with Gasteiger partial charge in [-0.3, -0.25) is 33.1 Å². The largest absolute Gasteiger partial charge is 0.438 e. The molecular weight excluding hydrogens is 849 g/mol. The number of amides is 1. The van der Waals surface area contributed by atoms with E-state index in [9.17, 15) is 9.59 Å². The van der Waals surface area contributed by atoms with Crippen LogP contribution in [0.1, 0.15) is 111 Å². The second-order valence-corrected chi connectivity index (χ2v) is 18.6. The lowest BCUT2D eigenvalue weighted by Crippen LogP contribution is -2.49. The first kappa shape index (κ1) is 40.6. The van der Waals surface area contributed by atoms with E-state index in [-0.39, 0.29) is 60.0 Å². The van der Waals surface area contributed by atoms with Gasteiger partial charge in [-0.15, -0.1) is 0 Å². The molecule has 1 saturated heterocycles. The molecule has 7 aromatic rings. The molecule has 3 unspecified atom stereocenters. The molecule has 5 aliphatic rings. The lowest BCUT2D eigenvalue weighted by Gasteiger charge is -2.37. The van der Waals surface area contributed by atoms with Crippen molar-refractivity contribution in [2.75, 3.05) is 19.8 Å². The molecule has 2 aromatic carbocycles. The molecule has 66 heavy (non-hydrogen) atoms. The van der Waals surface area contributed by atoms with Crippen molar-refractivity contribution in [1.82, 2.24) is 43.5 Å². The van der Waals surface area contributed by atoms with Gasteiger partial charge in [-0.1, -0.05) is 12.1 Å². The summed E-state index contributed by atoms with van der Waals surface area (Å²) in [7, 11) is 0. The Hall–Kier alpha value is -6.95. The Bertz CT molecular complexity index is 3320. The van der Waals surface area contributed by atoms with Crippen LogP contribution in [0.4, 0.5) is 14.5 Å². The quantitative estimate of drug-likeness (QED) is 0.115. The summed E-state index contributed by atoms with van der Waals surface area (Å²) < 4.78 is 48.5. The van der Waals surface area contributed by atoms with Crippen LogP contribution in [-0.4, -0.2) is 81.0 Å². The van der Waals surface area contributed by atoms with Crippen molar-refractivity contribution < 1.29 is 22.8 Å². The molecule has 3 aliphatic carbocycles. The molecule has 7 heterocycles. The molecule has 3 N–H and O–H groups in total. The van der Waals surface area contributed by atoms with E-state index in [1.54, 1.807) is 35.2 Å². The minimum atomic E-state index is -0.906. The van der Waals surface area contributed by atoms with Crippen LogP contribution in [-0.2, 0) is 10.3 Å². The SMILES string of the molecule is CC1C(C(=Nc2ccc(F)c(C3CC3)c2)n2ccn(-c3ccc4c(cnn4C4CC4)c3F)c2=O)=C(N)CCN1C(=O)c1cc2nc(C3CCOCC3)ccc2n1C1(c2noc(=O)[nH]2)CC1C. The van der Waals surface area contributed by atoms with Crippen molar-refractivity contribution in [3.05, 3.63) is 134 Å². The number of fused-ring (bicyclic) bond motifs is 2. The molecule has 0 bridgehead atoms. The van der Waals surface area contributed by atoms with Crippen LogP contribution in [0.15, 0.2) is 97.5 Å². The third-order valence-electron chi connectivity index (χ3n) is 14.5. The zero-order valence-electron chi connectivity index (χ0n) is 36.4. The summed E-state index contributed by atoms with van der Waals surface area (Å²) in [5, 5.41) is 8.89. The predicted octanol–water partition coefficient (Wildman–Crippen LogP) is 6.91. The van der Waals surface area contributed by atoms with Crippen molar-refractivity contribution >= 4 is 39.4 Å². The van der Waals surface area contributed by atoms with Crippen LogP contribution in [0.3, 0.4) is 0 Å². The number of H-pyrrole nitrogens is 1. The smallest absolute Gasteiger partial charge is 0.402 e. The molecule has 5 aromatic heterocycles. The Labute approximate surface area is 375 Å². The number of pyridine rings is 1. The number of nitrogens with one attached hydrogen (secondary N) is 1. The maximum atomic E-state index is 16.4. The van der Waals surface area contributed by atoms with E-state index in [1.165, 1.54) is 33.8 Å². The highest BCUT2D eigenvalue weighted by Crippen LogP contribution is 2.56. The summed E-state index contributed by atoms with van der Waals surface area (Å²) in [4.78, 5) is 57.2. The molecule has 1 amide bonds. The van der Waals surface area contributed by atoms with Gasteiger partial charge in [-0.05, 0) is 118 Å².